The summed E-state index contributed by atoms with van der Waals surface area (Å²) in [5.74, 6) is 0.938. The number of aryl methyl sites for hydroxylation is 1. The van der Waals surface area contributed by atoms with Crippen molar-refractivity contribution in [1.29, 1.82) is 0 Å². The first-order valence-corrected chi connectivity index (χ1v) is 10.4. The second-order valence-electron chi connectivity index (χ2n) is 7.80. The highest BCUT2D eigenvalue weighted by Crippen LogP contribution is 2.25. The van der Waals surface area contributed by atoms with Crippen LogP contribution in [-0.2, 0) is 6.42 Å². The fraction of sp³-hybridized carbons (Fsp3) is 0.714. The van der Waals surface area contributed by atoms with Gasteiger partial charge in [-0.3, -0.25) is 9.98 Å². The van der Waals surface area contributed by atoms with Crippen LogP contribution in [0.1, 0.15) is 56.1 Å². The number of likely N-dealkylation sites (tertiary alicyclic amines) is 1. The molecule has 5 nitrogen and oxygen atoms in total. The Morgan fingerprint density at radius 1 is 1.19 bits per heavy atom. The van der Waals surface area contributed by atoms with Crippen molar-refractivity contribution in [3.63, 3.8) is 0 Å². The monoisotopic (exact) mass is 485 g/mol. The highest BCUT2D eigenvalue weighted by Gasteiger charge is 2.26. The third-order valence-electron chi connectivity index (χ3n) is 6.01. The van der Waals surface area contributed by atoms with Gasteiger partial charge in [0.1, 0.15) is 0 Å². The van der Waals surface area contributed by atoms with Gasteiger partial charge in [0, 0.05) is 51.2 Å². The van der Waals surface area contributed by atoms with Crippen LogP contribution in [0.2, 0.25) is 0 Å². The zero-order chi connectivity index (χ0) is 18.2. The van der Waals surface area contributed by atoms with Gasteiger partial charge >= 0.3 is 0 Å². The molecule has 0 aromatic carbocycles. The van der Waals surface area contributed by atoms with Crippen LogP contribution in [-0.4, -0.2) is 54.6 Å². The molecule has 1 saturated heterocycles. The van der Waals surface area contributed by atoms with Crippen LogP contribution in [0.5, 0.6) is 0 Å². The first-order chi connectivity index (χ1) is 12.8. The number of halogens is 1. The van der Waals surface area contributed by atoms with Gasteiger partial charge in [0.15, 0.2) is 5.96 Å². The Labute approximate surface area is 181 Å². The molecule has 1 aromatic heterocycles. The first-order valence-electron chi connectivity index (χ1n) is 10.4. The average Bonchev–Trinajstić information content (AvgIpc) is 2.70. The average molecular weight is 485 g/mol. The summed E-state index contributed by atoms with van der Waals surface area (Å²) in [5.41, 5.74) is 2.61. The molecule has 0 bridgehead atoms. The number of nitrogens with one attached hydrogen (secondary N) is 2. The molecule has 1 aliphatic heterocycles. The van der Waals surface area contributed by atoms with Gasteiger partial charge in [-0.05, 0) is 56.2 Å². The van der Waals surface area contributed by atoms with Gasteiger partial charge in [-0.2, -0.15) is 0 Å². The van der Waals surface area contributed by atoms with E-state index in [1.165, 1.54) is 69.2 Å². The second kappa shape index (κ2) is 11.8. The highest BCUT2D eigenvalue weighted by molar-refractivity contribution is 14.0. The first kappa shape index (κ1) is 22.4. The van der Waals surface area contributed by atoms with Gasteiger partial charge in [-0.1, -0.05) is 19.3 Å². The molecule has 0 spiro atoms. The minimum atomic E-state index is 0. The molecule has 0 amide bonds. The largest absolute Gasteiger partial charge is 0.356 e. The van der Waals surface area contributed by atoms with Crippen LogP contribution < -0.4 is 10.6 Å². The van der Waals surface area contributed by atoms with Crippen molar-refractivity contribution in [2.75, 3.05) is 26.7 Å². The molecule has 2 aliphatic rings. The normalized spacial score (nSPS) is 20.1. The van der Waals surface area contributed by atoms with Crippen molar-refractivity contribution < 1.29 is 0 Å². The summed E-state index contributed by atoms with van der Waals surface area (Å²) >= 11 is 0. The number of hydrogen-bond donors (Lipinski definition) is 2. The molecule has 1 saturated carbocycles. The number of nitrogens with zero attached hydrogens (tertiary/aromatic N) is 3. The maximum Gasteiger partial charge on any atom is 0.191 e. The van der Waals surface area contributed by atoms with Crippen LogP contribution >= 0.6 is 24.0 Å². The fourth-order valence-electron chi connectivity index (χ4n) is 4.34. The summed E-state index contributed by atoms with van der Waals surface area (Å²) in [6, 6.07) is 3.50. The minimum Gasteiger partial charge on any atom is -0.356 e. The minimum absolute atomic E-state index is 0. The highest BCUT2D eigenvalue weighted by atomic mass is 127. The molecule has 2 heterocycles. The van der Waals surface area contributed by atoms with E-state index in [4.69, 9.17) is 0 Å². The van der Waals surface area contributed by atoms with Gasteiger partial charge in [0.05, 0.1) is 0 Å². The van der Waals surface area contributed by atoms with Gasteiger partial charge in [0.2, 0.25) is 0 Å². The van der Waals surface area contributed by atoms with E-state index >= 15 is 0 Å². The standard InChI is InChI=1S/C21H35N5.HI/c1-17-16-23-12-8-18(17)9-13-24-21(22-2)25-19-10-14-26(15-11-19)20-6-4-3-5-7-20;/h8,12,16,19-20H,3-7,9-11,13-15H2,1-2H3,(H2,22,24,25);1H. The van der Waals surface area contributed by atoms with Crippen LogP contribution in [0.3, 0.4) is 0 Å². The summed E-state index contributed by atoms with van der Waals surface area (Å²) in [6.07, 6.45) is 14.4. The van der Waals surface area contributed by atoms with Crippen LogP contribution in [0.4, 0.5) is 0 Å². The van der Waals surface area contributed by atoms with Crippen molar-refractivity contribution >= 4 is 29.9 Å². The quantitative estimate of drug-likeness (QED) is 0.381. The van der Waals surface area contributed by atoms with Crippen molar-refractivity contribution in [3.05, 3.63) is 29.6 Å². The third-order valence-corrected chi connectivity index (χ3v) is 6.01. The lowest BCUT2D eigenvalue weighted by atomic mass is 9.92. The molecule has 152 valence electrons. The number of rotatable bonds is 5. The maximum absolute atomic E-state index is 4.41. The van der Waals surface area contributed by atoms with Crippen LogP contribution in [0, 0.1) is 6.92 Å². The number of piperidine rings is 1. The molecular weight excluding hydrogens is 449 g/mol. The van der Waals surface area contributed by atoms with Crippen LogP contribution in [0.15, 0.2) is 23.5 Å². The van der Waals surface area contributed by atoms with Crippen molar-refractivity contribution in [1.82, 2.24) is 20.5 Å². The molecule has 0 unspecified atom stereocenters. The van der Waals surface area contributed by atoms with E-state index in [1.807, 2.05) is 19.4 Å². The molecule has 2 fully saturated rings. The summed E-state index contributed by atoms with van der Waals surface area (Å²) < 4.78 is 0. The van der Waals surface area contributed by atoms with E-state index in [1.54, 1.807) is 0 Å². The fourth-order valence-corrected chi connectivity index (χ4v) is 4.34. The number of guanidine groups is 1. The van der Waals surface area contributed by atoms with Crippen molar-refractivity contribution in [2.24, 2.45) is 4.99 Å². The summed E-state index contributed by atoms with van der Waals surface area (Å²) in [4.78, 5) is 11.3. The van der Waals surface area contributed by atoms with Gasteiger partial charge in [0.25, 0.3) is 0 Å². The number of pyridine rings is 1. The van der Waals surface area contributed by atoms with Crippen molar-refractivity contribution in [2.45, 2.75) is 70.4 Å². The van der Waals surface area contributed by atoms with E-state index in [-0.39, 0.29) is 24.0 Å². The molecular formula is C21H36IN5. The molecule has 1 aliphatic carbocycles. The lowest BCUT2D eigenvalue weighted by molar-refractivity contribution is 0.119. The molecule has 3 rings (SSSR count). The Morgan fingerprint density at radius 2 is 1.93 bits per heavy atom. The topological polar surface area (TPSA) is 52.6 Å². The Balaban J connectivity index is 0.00000261. The molecule has 27 heavy (non-hydrogen) atoms. The molecule has 6 heteroatoms. The second-order valence-corrected chi connectivity index (χ2v) is 7.80. The Hall–Kier alpha value is -0.890. The van der Waals surface area contributed by atoms with Crippen molar-refractivity contribution in [3.8, 4) is 0 Å². The van der Waals surface area contributed by atoms with Gasteiger partial charge in [-0.15, -0.1) is 24.0 Å². The van der Waals surface area contributed by atoms with E-state index < -0.39 is 0 Å². The van der Waals surface area contributed by atoms with E-state index in [2.05, 4.69) is 38.5 Å². The maximum atomic E-state index is 4.41. The van der Waals surface area contributed by atoms with Crippen LogP contribution in [0.25, 0.3) is 0 Å². The summed E-state index contributed by atoms with van der Waals surface area (Å²) in [5, 5.41) is 7.10. The summed E-state index contributed by atoms with van der Waals surface area (Å²) in [6.45, 7) is 5.48. The molecule has 1 aromatic rings. The predicted molar refractivity (Wildman–Crippen MR) is 124 cm³/mol. The molecule has 0 radical (unpaired) electrons. The Bertz CT molecular complexity index is 578. The third kappa shape index (κ3) is 6.89. The Morgan fingerprint density at radius 3 is 2.59 bits per heavy atom. The zero-order valence-electron chi connectivity index (χ0n) is 16.9. The zero-order valence-corrected chi connectivity index (χ0v) is 19.2. The molecule has 0 atom stereocenters. The molecule has 2 N–H and O–H groups in total. The lowest BCUT2D eigenvalue weighted by Gasteiger charge is -2.39. The predicted octanol–water partition coefficient (Wildman–Crippen LogP) is 3.51. The number of aliphatic imine (C=N–C) groups is 1. The summed E-state index contributed by atoms with van der Waals surface area (Å²) in [7, 11) is 1.87. The Kier molecular flexibility index (Phi) is 9.82. The van der Waals surface area contributed by atoms with E-state index in [0.717, 1.165) is 25.0 Å². The van der Waals surface area contributed by atoms with Gasteiger partial charge in [-0.25, -0.2) is 0 Å². The lowest BCUT2D eigenvalue weighted by Crippen LogP contribution is -2.51. The van der Waals surface area contributed by atoms with Gasteiger partial charge < -0.3 is 15.5 Å². The van der Waals surface area contributed by atoms with E-state index in [9.17, 15) is 0 Å². The smallest absolute Gasteiger partial charge is 0.191 e. The number of hydrogen-bond acceptors (Lipinski definition) is 3. The number of aromatic nitrogens is 1. The van der Waals surface area contributed by atoms with E-state index in [0.29, 0.717) is 6.04 Å². The SMILES string of the molecule is CN=C(NCCc1ccncc1C)NC1CCN(C2CCCCC2)CC1.I.